The smallest absolute Gasteiger partial charge is 0.236 e. The van der Waals surface area contributed by atoms with Gasteiger partial charge in [0.2, 0.25) is 5.91 Å². The quantitative estimate of drug-likeness (QED) is 0.924. The Morgan fingerprint density at radius 1 is 0.880 bits per heavy atom. The molecule has 0 spiro atoms. The van der Waals surface area contributed by atoms with Gasteiger partial charge in [-0.05, 0) is 35.4 Å². The van der Waals surface area contributed by atoms with Crippen molar-refractivity contribution in [2.75, 3.05) is 32.7 Å². The Bertz CT molecular complexity index is 665. The number of rotatable bonds is 4. The predicted molar refractivity (Wildman–Crippen MR) is 91.9 cm³/mol. The van der Waals surface area contributed by atoms with E-state index in [1.54, 1.807) is 29.2 Å². The highest BCUT2D eigenvalue weighted by Gasteiger charge is 2.27. The van der Waals surface area contributed by atoms with Gasteiger partial charge < -0.3 is 10.6 Å². The van der Waals surface area contributed by atoms with Crippen LogP contribution in [0.2, 0.25) is 0 Å². The van der Waals surface area contributed by atoms with Crippen molar-refractivity contribution in [3.05, 3.63) is 71.3 Å². The molecular weight excluding hydrogens is 324 g/mol. The maximum Gasteiger partial charge on any atom is 0.236 e. The van der Waals surface area contributed by atoms with Crippen molar-refractivity contribution in [2.24, 2.45) is 5.73 Å². The van der Waals surface area contributed by atoms with Crippen molar-refractivity contribution in [3.63, 3.8) is 0 Å². The molecule has 3 rings (SSSR count). The van der Waals surface area contributed by atoms with Crippen molar-refractivity contribution >= 4 is 5.91 Å². The molecule has 25 heavy (non-hydrogen) atoms. The third-order valence-electron chi connectivity index (χ3n) is 4.58. The van der Waals surface area contributed by atoms with Crippen molar-refractivity contribution in [2.45, 2.75) is 6.04 Å². The number of amides is 1. The van der Waals surface area contributed by atoms with Crippen LogP contribution in [0.5, 0.6) is 0 Å². The standard InChI is InChI=1S/C19H21F2N3O/c20-16-5-1-14(2-6-16)19(15-3-7-17(21)8-4-15)24-11-9-23(10-12-24)18(25)13-22/h1-8,19H,9-13,22H2. The Hall–Kier alpha value is -2.31. The van der Waals surface area contributed by atoms with E-state index in [-0.39, 0.29) is 30.1 Å². The molecule has 2 aromatic rings. The Kier molecular flexibility index (Phi) is 5.40. The van der Waals surface area contributed by atoms with Gasteiger partial charge in [-0.15, -0.1) is 0 Å². The predicted octanol–water partition coefficient (Wildman–Crippen LogP) is 2.16. The fourth-order valence-electron chi connectivity index (χ4n) is 3.26. The van der Waals surface area contributed by atoms with E-state index in [1.165, 1.54) is 24.3 Å². The van der Waals surface area contributed by atoms with E-state index < -0.39 is 0 Å². The molecule has 6 heteroatoms. The molecule has 2 N–H and O–H groups in total. The topological polar surface area (TPSA) is 49.6 Å². The summed E-state index contributed by atoms with van der Waals surface area (Å²) in [5.74, 6) is -0.639. The monoisotopic (exact) mass is 345 g/mol. The average Bonchev–Trinajstić information content (AvgIpc) is 2.65. The fourth-order valence-corrected chi connectivity index (χ4v) is 3.26. The summed E-state index contributed by atoms with van der Waals surface area (Å²) in [4.78, 5) is 15.7. The van der Waals surface area contributed by atoms with E-state index in [2.05, 4.69) is 4.90 Å². The normalized spacial score (nSPS) is 15.6. The maximum atomic E-state index is 13.3. The summed E-state index contributed by atoms with van der Waals surface area (Å²) < 4.78 is 26.6. The second kappa shape index (κ2) is 7.72. The zero-order chi connectivity index (χ0) is 17.8. The number of hydrogen-bond donors (Lipinski definition) is 1. The van der Waals surface area contributed by atoms with E-state index in [1.807, 2.05) is 0 Å². The van der Waals surface area contributed by atoms with Gasteiger partial charge in [0.1, 0.15) is 11.6 Å². The lowest BCUT2D eigenvalue weighted by molar-refractivity contribution is -0.131. The minimum absolute atomic E-state index is 0.0132. The minimum atomic E-state index is -0.292. The minimum Gasteiger partial charge on any atom is -0.339 e. The van der Waals surface area contributed by atoms with Crippen LogP contribution in [0.3, 0.4) is 0 Å². The number of nitrogens with two attached hydrogens (primary N) is 1. The molecule has 1 fully saturated rings. The number of carbonyl (C=O) groups excluding carboxylic acids is 1. The first kappa shape index (κ1) is 17.5. The van der Waals surface area contributed by atoms with E-state index in [4.69, 9.17) is 5.73 Å². The lowest BCUT2D eigenvalue weighted by atomic mass is 9.96. The van der Waals surface area contributed by atoms with Crippen molar-refractivity contribution < 1.29 is 13.6 Å². The van der Waals surface area contributed by atoms with Crippen molar-refractivity contribution in [1.82, 2.24) is 9.80 Å². The highest BCUT2D eigenvalue weighted by molar-refractivity contribution is 5.78. The van der Waals surface area contributed by atoms with Crippen LogP contribution in [0.25, 0.3) is 0 Å². The molecule has 1 aliphatic heterocycles. The number of hydrogen-bond acceptors (Lipinski definition) is 3. The molecule has 0 aromatic heterocycles. The Morgan fingerprint density at radius 3 is 1.72 bits per heavy atom. The summed E-state index contributed by atoms with van der Waals surface area (Å²) in [5.41, 5.74) is 7.31. The zero-order valence-corrected chi connectivity index (χ0v) is 13.9. The van der Waals surface area contributed by atoms with Crippen LogP contribution in [0.15, 0.2) is 48.5 Å². The van der Waals surface area contributed by atoms with Gasteiger partial charge in [0.15, 0.2) is 0 Å². The Morgan fingerprint density at radius 2 is 1.32 bits per heavy atom. The second-order valence-electron chi connectivity index (χ2n) is 6.13. The van der Waals surface area contributed by atoms with Gasteiger partial charge in [0.05, 0.1) is 12.6 Å². The highest BCUT2D eigenvalue weighted by atomic mass is 19.1. The van der Waals surface area contributed by atoms with E-state index >= 15 is 0 Å². The molecule has 0 saturated carbocycles. The fraction of sp³-hybridized carbons (Fsp3) is 0.316. The first-order valence-corrected chi connectivity index (χ1v) is 8.31. The van der Waals surface area contributed by atoms with Crippen LogP contribution in [0.1, 0.15) is 17.2 Å². The van der Waals surface area contributed by atoms with Gasteiger partial charge in [-0.1, -0.05) is 24.3 Å². The van der Waals surface area contributed by atoms with Gasteiger partial charge in [0, 0.05) is 26.2 Å². The Labute approximate surface area is 145 Å². The summed E-state index contributed by atoms with van der Waals surface area (Å²) in [5, 5.41) is 0. The third-order valence-corrected chi connectivity index (χ3v) is 4.58. The van der Waals surface area contributed by atoms with Gasteiger partial charge in [-0.25, -0.2) is 8.78 Å². The maximum absolute atomic E-state index is 13.3. The number of piperazine rings is 1. The SMILES string of the molecule is NCC(=O)N1CCN(C(c2ccc(F)cc2)c2ccc(F)cc2)CC1. The summed E-state index contributed by atoms with van der Waals surface area (Å²) in [6.07, 6.45) is 0. The summed E-state index contributed by atoms with van der Waals surface area (Å²) in [6.45, 7) is 2.54. The first-order chi connectivity index (χ1) is 12.1. The summed E-state index contributed by atoms with van der Waals surface area (Å²) >= 11 is 0. The second-order valence-corrected chi connectivity index (χ2v) is 6.13. The van der Waals surface area contributed by atoms with Gasteiger partial charge in [-0.3, -0.25) is 9.69 Å². The highest BCUT2D eigenvalue weighted by Crippen LogP contribution is 2.30. The average molecular weight is 345 g/mol. The molecule has 0 aliphatic carbocycles. The van der Waals surface area contributed by atoms with Crippen LogP contribution >= 0.6 is 0 Å². The molecule has 0 bridgehead atoms. The van der Waals surface area contributed by atoms with E-state index in [0.717, 1.165) is 11.1 Å². The molecule has 132 valence electrons. The van der Waals surface area contributed by atoms with Crippen LogP contribution in [-0.2, 0) is 4.79 Å². The van der Waals surface area contributed by atoms with Crippen LogP contribution in [0.4, 0.5) is 8.78 Å². The third kappa shape index (κ3) is 4.03. The van der Waals surface area contributed by atoms with Crippen LogP contribution in [0, 0.1) is 11.6 Å². The number of benzene rings is 2. The number of carbonyl (C=O) groups is 1. The van der Waals surface area contributed by atoms with E-state index in [0.29, 0.717) is 26.2 Å². The largest absolute Gasteiger partial charge is 0.339 e. The van der Waals surface area contributed by atoms with Gasteiger partial charge >= 0.3 is 0 Å². The molecule has 1 saturated heterocycles. The molecule has 0 atom stereocenters. The molecule has 0 radical (unpaired) electrons. The summed E-state index contributed by atoms with van der Waals surface area (Å²) in [7, 11) is 0. The number of halogens is 2. The van der Waals surface area contributed by atoms with Crippen LogP contribution in [-0.4, -0.2) is 48.4 Å². The molecule has 0 unspecified atom stereocenters. The van der Waals surface area contributed by atoms with Gasteiger partial charge in [-0.2, -0.15) is 0 Å². The zero-order valence-electron chi connectivity index (χ0n) is 13.9. The molecule has 2 aromatic carbocycles. The molecule has 4 nitrogen and oxygen atoms in total. The Balaban J connectivity index is 1.86. The van der Waals surface area contributed by atoms with Gasteiger partial charge in [0.25, 0.3) is 0 Å². The lowest BCUT2D eigenvalue weighted by Crippen LogP contribution is -2.51. The first-order valence-electron chi connectivity index (χ1n) is 8.31. The van der Waals surface area contributed by atoms with Crippen molar-refractivity contribution in [3.8, 4) is 0 Å². The lowest BCUT2D eigenvalue weighted by Gasteiger charge is -2.39. The van der Waals surface area contributed by atoms with Crippen molar-refractivity contribution in [1.29, 1.82) is 0 Å². The van der Waals surface area contributed by atoms with E-state index in [9.17, 15) is 13.6 Å². The molecule has 1 heterocycles. The molecule has 1 aliphatic rings. The summed E-state index contributed by atoms with van der Waals surface area (Å²) in [6, 6.07) is 12.6. The van der Waals surface area contributed by atoms with Crippen LogP contribution < -0.4 is 5.73 Å². The number of nitrogens with zero attached hydrogens (tertiary/aromatic N) is 2. The molecular formula is C19H21F2N3O. The molecule has 1 amide bonds.